The Balaban J connectivity index is 2.94. The van der Waals surface area contributed by atoms with E-state index in [2.05, 4.69) is 5.23 Å². The molecular formula is C6H7BN2. The molecule has 0 aliphatic rings. The van der Waals surface area contributed by atoms with Crippen LogP contribution in [0.1, 0.15) is 0 Å². The highest BCUT2D eigenvalue weighted by molar-refractivity contribution is 6.15. The van der Waals surface area contributed by atoms with E-state index in [9.17, 15) is 0 Å². The average Bonchev–Trinajstić information content (AvgIpc) is 1.88. The molecule has 2 radical (unpaired) electrons. The van der Waals surface area contributed by atoms with E-state index in [0.717, 1.165) is 5.69 Å². The number of hydrogen-bond donors (Lipinski definition) is 2. The standard InChI is InChI=1S/C6H7BN2/c7-9-6-3-1-2-5(8)4-6/h1-4,9H,8H2. The van der Waals surface area contributed by atoms with Crippen LogP contribution in [0.4, 0.5) is 11.4 Å². The molecule has 0 saturated carbocycles. The highest BCUT2D eigenvalue weighted by Gasteiger charge is 1.85. The molecule has 0 saturated heterocycles. The van der Waals surface area contributed by atoms with Crippen LogP contribution in [0.25, 0.3) is 0 Å². The largest absolute Gasteiger partial charge is 0.437 e. The number of nitrogens with one attached hydrogen (secondary N) is 1. The minimum absolute atomic E-state index is 0.713. The van der Waals surface area contributed by atoms with Gasteiger partial charge in [-0.25, -0.2) is 0 Å². The van der Waals surface area contributed by atoms with Gasteiger partial charge in [0.15, 0.2) is 0 Å². The van der Waals surface area contributed by atoms with Crippen molar-refractivity contribution in [2.24, 2.45) is 0 Å². The maximum atomic E-state index is 5.44. The molecule has 0 fully saturated rings. The zero-order valence-corrected chi connectivity index (χ0v) is 4.96. The van der Waals surface area contributed by atoms with Crippen LogP contribution in [-0.4, -0.2) is 7.98 Å². The fourth-order valence-corrected chi connectivity index (χ4v) is 0.628. The molecule has 2 nitrogen and oxygen atoms in total. The van der Waals surface area contributed by atoms with Gasteiger partial charge < -0.3 is 11.0 Å². The quantitative estimate of drug-likeness (QED) is 0.422. The number of anilines is 2. The first-order valence-electron chi connectivity index (χ1n) is 2.65. The third-order valence-electron chi connectivity index (χ3n) is 1.05. The van der Waals surface area contributed by atoms with Gasteiger partial charge in [0.2, 0.25) is 7.98 Å². The van der Waals surface area contributed by atoms with E-state index >= 15 is 0 Å². The predicted octanol–water partition coefficient (Wildman–Crippen LogP) is 0.764. The maximum absolute atomic E-state index is 5.44. The van der Waals surface area contributed by atoms with Gasteiger partial charge in [-0.15, -0.1) is 0 Å². The van der Waals surface area contributed by atoms with E-state index in [1.165, 1.54) is 0 Å². The molecule has 1 rings (SSSR count). The van der Waals surface area contributed by atoms with Crippen molar-refractivity contribution in [1.82, 2.24) is 0 Å². The summed E-state index contributed by atoms with van der Waals surface area (Å²) in [6.45, 7) is 0. The fraction of sp³-hybridized carbons (Fsp3) is 0. The summed E-state index contributed by atoms with van der Waals surface area (Å²) in [5.41, 5.74) is 6.98. The highest BCUT2D eigenvalue weighted by Crippen LogP contribution is 2.09. The minimum atomic E-state index is 0.713. The first kappa shape index (κ1) is 6.01. The number of nitrogen functional groups attached to an aromatic ring is 1. The van der Waals surface area contributed by atoms with Crippen LogP contribution in [0.5, 0.6) is 0 Å². The van der Waals surface area contributed by atoms with Crippen LogP contribution < -0.4 is 11.0 Å². The molecule has 0 bridgehead atoms. The second kappa shape index (κ2) is 2.44. The van der Waals surface area contributed by atoms with Crippen LogP contribution in [0.3, 0.4) is 0 Å². The van der Waals surface area contributed by atoms with Crippen LogP contribution in [-0.2, 0) is 0 Å². The van der Waals surface area contributed by atoms with Crippen molar-refractivity contribution in [1.29, 1.82) is 0 Å². The molecule has 0 amide bonds. The summed E-state index contributed by atoms with van der Waals surface area (Å²) in [5.74, 6) is 0. The van der Waals surface area contributed by atoms with Crippen molar-refractivity contribution >= 4 is 19.4 Å². The van der Waals surface area contributed by atoms with Gasteiger partial charge in [-0.3, -0.25) is 0 Å². The summed E-state index contributed by atoms with van der Waals surface area (Å²) in [6, 6.07) is 7.25. The topological polar surface area (TPSA) is 38.0 Å². The van der Waals surface area contributed by atoms with Gasteiger partial charge in [0.1, 0.15) is 0 Å². The van der Waals surface area contributed by atoms with Gasteiger partial charge in [0, 0.05) is 11.4 Å². The summed E-state index contributed by atoms with van der Waals surface area (Å²) in [6.07, 6.45) is 0. The predicted molar refractivity (Wildman–Crippen MR) is 40.2 cm³/mol. The van der Waals surface area contributed by atoms with Gasteiger partial charge in [-0.1, -0.05) is 6.07 Å². The lowest BCUT2D eigenvalue weighted by Crippen LogP contribution is -1.91. The van der Waals surface area contributed by atoms with Gasteiger partial charge in [0.05, 0.1) is 0 Å². The molecule has 0 aromatic heterocycles. The molecule has 0 atom stereocenters. The summed E-state index contributed by atoms with van der Waals surface area (Å²) in [7, 11) is 5.11. The molecule has 3 N–H and O–H groups in total. The van der Waals surface area contributed by atoms with Crippen molar-refractivity contribution in [3.63, 3.8) is 0 Å². The molecule has 0 heterocycles. The average molecular weight is 118 g/mol. The Morgan fingerprint density at radius 2 is 2.22 bits per heavy atom. The maximum Gasteiger partial charge on any atom is 0.222 e. The fourth-order valence-electron chi connectivity index (χ4n) is 0.628. The molecular weight excluding hydrogens is 111 g/mol. The van der Waals surface area contributed by atoms with Gasteiger partial charge in [-0.2, -0.15) is 0 Å². The van der Waals surface area contributed by atoms with E-state index in [1.54, 1.807) is 12.1 Å². The third kappa shape index (κ3) is 1.39. The zero-order chi connectivity index (χ0) is 6.69. The van der Waals surface area contributed by atoms with Crippen molar-refractivity contribution in [3.05, 3.63) is 24.3 Å². The summed E-state index contributed by atoms with van der Waals surface area (Å²) >= 11 is 0. The Hall–Kier alpha value is -1.12. The Kier molecular flexibility index (Phi) is 1.63. The molecule has 44 valence electrons. The SMILES string of the molecule is [B]Nc1cccc(N)c1. The third-order valence-corrected chi connectivity index (χ3v) is 1.05. The van der Waals surface area contributed by atoms with Crippen molar-refractivity contribution < 1.29 is 0 Å². The van der Waals surface area contributed by atoms with Crippen LogP contribution >= 0.6 is 0 Å². The monoisotopic (exact) mass is 118 g/mol. The molecule has 0 unspecified atom stereocenters. The number of hydrogen-bond acceptors (Lipinski definition) is 2. The first-order chi connectivity index (χ1) is 4.33. The van der Waals surface area contributed by atoms with Gasteiger partial charge in [0.25, 0.3) is 0 Å². The molecule has 0 aliphatic carbocycles. The van der Waals surface area contributed by atoms with E-state index in [0.29, 0.717) is 5.69 Å². The van der Waals surface area contributed by atoms with E-state index in [4.69, 9.17) is 13.7 Å². The van der Waals surface area contributed by atoms with Crippen molar-refractivity contribution in [3.8, 4) is 0 Å². The molecule has 0 aliphatic heterocycles. The smallest absolute Gasteiger partial charge is 0.222 e. The molecule has 3 heteroatoms. The molecule has 1 aromatic rings. The number of benzene rings is 1. The van der Waals surface area contributed by atoms with E-state index in [1.807, 2.05) is 12.1 Å². The lowest BCUT2D eigenvalue weighted by atomic mass is 10.2. The molecule has 1 aromatic carbocycles. The number of nitrogens with two attached hydrogens (primary N) is 1. The van der Waals surface area contributed by atoms with Crippen LogP contribution in [0.2, 0.25) is 0 Å². The Morgan fingerprint density at radius 3 is 2.67 bits per heavy atom. The second-order valence-corrected chi connectivity index (χ2v) is 1.77. The van der Waals surface area contributed by atoms with E-state index < -0.39 is 0 Å². The van der Waals surface area contributed by atoms with Crippen molar-refractivity contribution in [2.75, 3.05) is 11.0 Å². The molecule has 0 spiro atoms. The van der Waals surface area contributed by atoms with Gasteiger partial charge >= 0.3 is 0 Å². The van der Waals surface area contributed by atoms with Crippen LogP contribution in [0.15, 0.2) is 24.3 Å². The normalized spacial score (nSPS) is 8.89. The lowest BCUT2D eigenvalue weighted by Gasteiger charge is -1.98. The zero-order valence-electron chi connectivity index (χ0n) is 4.96. The van der Waals surface area contributed by atoms with Gasteiger partial charge in [-0.05, 0) is 18.2 Å². The molecule has 9 heavy (non-hydrogen) atoms. The first-order valence-corrected chi connectivity index (χ1v) is 2.65. The summed E-state index contributed by atoms with van der Waals surface area (Å²) < 4.78 is 0. The number of rotatable bonds is 1. The highest BCUT2D eigenvalue weighted by atomic mass is 14.7. The summed E-state index contributed by atoms with van der Waals surface area (Å²) in [4.78, 5) is 0. The summed E-state index contributed by atoms with van der Waals surface area (Å²) in [5, 5.41) is 2.49. The van der Waals surface area contributed by atoms with Crippen LogP contribution in [0, 0.1) is 0 Å². The Labute approximate surface area is 55.5 Å². The van der Waals surface area contributed by atoms with E-state index in [-0.39, 0.29) is 0 Å². The Bertz CT molecular complexity index is 200. The Morgan fingerprint density at radius 1 is 1.44 bits per heavy atom. The lowest BCUT2D eigenvalue weighted by molar-refractivity contribution is 1.66. The van der Waals surface area contributed by atoms with Crippen molar-refractivity contribution in [2.45, 2.75) is 0 Å². The minimum Gasteiger partial charge on any atom is -0.437 e. The second-order valence-electron chi connectivity index (χ2n) is 1.77.